The van der Waals surface area contributed by atoms with Gasteiger partial charge in [-0.25, -0.2) is 12.7 Å². The van der Waals surface area contributed by atoms with Crippen molar-refractivity contribution in [1.82, 2.24) is 9.21 Å². The number of carbonyl (C=O) groups is 3. The van der Waals surface area contributed by atoms with E-state index in [-0.39, 0.29) is 17.0 Å². The number of ether oxygens (including phenoxy) is 3. The standard InChI is InChI=1S/C21H20N2O8S/c1-22(11-14-6-7-16-17(10-14)30-9-8-29-16)19(24)13-31-20(25)12-23-21(26)15-4-2-3-5-18(15)32(23,27)28/h2-7,10H,8-9,11-13H2,1H3. The molecular formula is C21H20N2O8S. The fraction of sp³-hybridized carbons (Fsp3) is 0.286. The molecule has 0 N–H and O–H groups in total. The summed E-state index contributed by atoms with van der Waals surface area (Å²) < 4.78 is 41.3. The van der Waals surface area contributed by atoms with Crippen molar-refractivity contribution < 1.29 is 37.0 Å². The molecule has 2 aliphatic heterocycles. The molecule has 2 aromatic carbocycles. The van der Waals surface area contributed by atoms with Crippen LogP contribution in [0.3, 0.4) is 0 Å². The van der Waals surface area contributed by atoms with E-state index in [9.17, 15) is 22.8 Å². The van der Waals surface area contributed by atoms with Gasteiger partial charge in [0.2, 0.25) is 0 Å². The second-order valence-electron chi connectivity index (χ2n) is 7.20. The summed E-state index contributed by atoms with van der Waals surface area (Å²) in [5.74, 6) is -1.07. The van der Waals surface area contributed by atoms with Crippen LogP contribution in [0.2, 0.25) is 0 Å². The molecule has 0 saturated carbocycles. The monoisotopic (exact) mass is 460 g/mol. The number of rotatable bonds is 6. The van der Waals surface area contributed by atoms with Crippen molar-refractivity contribution in [2.45, 2.75) is 11.4 Å². The molecule has 11 heteroatoms. The SMILES string of the molecule is CN(Cc1ccc2c(c1)OCCO2)C(=O)COC(=O)CN1C(=O)c2ccccc2S1(=O)=O. The minimum Gasteiger partial charge on any atom is -0.486 e. The Morgan fingerprint density at radius 3 is 2.56 bits per heavy atom. The highest BCUT2D eigenvalue weighted by molar-refractivity contribution is 7.90. The Kier molecular flexibility index (Phi) is 5.74. The molecule has 2 heterocycles. The van der Waals surface area contributed by atoms with Crippen LogP contribution in [-0.4, -0.2) is 68.8 Å². The smallest absolute Gasteiger partial charge is 0.327 e. The Morgan fingerprint density at radius 1 is 1.09 bits per heavy atom. The molecule has 10 nitrogen and oxygen atoms in total. The van der Waals surface area contributed by atoms with Crippen LogP contribution in [0, 0.1) is 0 Å². The number of likely N-dealkylation sites (N-methyl/N-ethyl adjacent to an activating group) is 1. The van der Waals surface area contributed by atoms with Gasteiger partial charge in [-0.1, -0.05) is 18.2 Å². The van der Waals surface area contributed by atoms with E-state index in [1.54, 1.807) is 18.2 Å². The van der Waals surface area contributed by atoms with Crippen LogP contribution >= 0.6 is 0 Å². The van der Waals surface area contributed by atoms with Crippen LogP contribution < -0.4 is 9.47 Å². The van der Waals surface area contributed by atoms with Gasteiger partial charge >= 0.3 is 5.97 Å². The molecule has 168 valence electrons. The number of fused-ring (bicyclic) bond motifs is 2. The Morgan fingerprint density at radius 2 is 1.81 bits per heavy atom. The molecule has 0 spiro atoms. The highest BCUT2D eigenvalue weighted by Crippen LogP contribution is 2.31. The summed E-state index contributed by atoms with van der Waals surface area (Å²) in [7, 11) is -2.59. The number of nitrogens with zero attached hydrogens (tertiary/aromatic N) is 2. The van der Waals surface area contributed by atoms with Crippen molar-refractivity contribution in [3.8, 4) is 11.5 Å². The average Bonchev–Trinajstić information content (AvgIpc) is 2.98. The fourth-order valence-corrected chi connectivity index (χ4v) is 4.86. The van der Waals surface area contributed by atoms with Crippen LogP contribution in [0.25, 0.3) is 0 Å². The maximum Gasteiger partial charge on any atom is 0.327 e. The van der Waals surface area contributed by atoms with Crippen molar-refractivity contribution in [3.05, 3.63) is 53.6 Å². The summed E-state index contributed by atoms with van der Waals surface area (Å²) in [6, 6.07) is 11.0. The molecule has 0 aliphatic carbocycles. The molecule has 4 rings (SSSR count). The van der Waals surface area contributed by atoms with Crippen molar-refractivity contribution >= 4 is 27.8 Å². The normalized spacial score (nSPS) is 15.8. The zero-order valence-corrected chi connectivity index (χ0v) is 18.0. The maximum absolute atomic E-state index is 12.5. The molecule has 32 heavy (non-hydrogen) atoms. The molecular weight excluding hydrogens is 440 g/mol. The summed E-state index contributed by atoms with van der Waals surface area (Å²) in [6.45, 7) is -0.237. The summed E-state index contributed by atoms with van der Waals surface area (Å²) >= 11 is 0. The lowest BCUT2D eigenvalue weighted by atomic mass is 10.2. The quantitative estimate of drug-likeness (QED) is 0.581. The third kappa shape index (κ3) is 4.11. The topological polar surface area (TPSA) is 120 Å². The van der Waals surface area contributed by atoms with Crippen LogP contribution in [0.15, 0.2) is 47.4 Å². The first kappa shape index (κ1) is 21.6. The van der Waals surface area contributed by atoms with Gasteiger partial charge < -0.3 is 19.1 Å². The molecule has 2 amide bonds. The number of esters is 1. The van der Waals surface area contributed by atoms with Crippen molar-refractivity contribution in [2.24, 2.45) is 0 Å². The first-order valence-electron chi connectivity index (χ1n) is 9.71. The van der Waals surface area contributed by atoms with Gasteiger partial charge in [0.15, 0.2) is 18.1 Å². The first-order chi connectivity index (χ1) is 15.3. The number of hydrogen-bond donors (Lipinski definition) is 0. The van der Waals surface area contributed by atoms with Gasteiger partial charge in [-0.05, 0) is 29.8 Å². The average molecular weight is 460 g/mol. The van der Waals surface area contributed by atoms with E-state index >= 15 is 0 Å². The Labute approximate surface area is 184 Å². The van der Waals surface area contributed by atoms with E-state index in [0.29, 0.717) is 29.0 Å². The minimum absolute atomic E-state index is 0.00413. The molecule has 0 unspecified atom stereocenters. The number of sulfonamides is 1. The molecule has 0 radical (unpaired) electrons. The van der Waals surface area contributed by atoms with Crippen LogP contribution in [0.4, 0.5) is 0 Å². The highest BCUT2D eigenvalue weighted by atomic mass is 32.2. The number of hydrogen-bond acceptors (Lipinski definition) is 8. The molecule has 0 fully saturated rings. The van der Waals surface area contributed by atoms with Crippen LogP contribution in [-0.2, 0) is 30.9 Å². The summed E-state index contributed by atoms with van der Waals surface area (Å²) in [5, 5.41) is 0. The van der Waals surface area contributed by atoms with Gasteiger partial charge in [-0.2, -0.15) is 0 Å². The largest absolute Gasteiger partial charge is 0.486 e. The zero-order valence-electron chi connectivity index (χ0n) is 17.1. The lowest BCUT2D eigenvalue weighted by Gasteiger charge is -2.21. The highest BCUT2D eigenvalue weighted by Gasteiger charge is 2.42. The van der Waals surface area contributed by atoms with E-state index in [1.807, 2.05) is 0 Å². The zero-order chi connectivity index (χ0) is 22.9. The molecule has 2 aliphatic rings. The van der Waals surface area contributed by atoms with E-state index in [0.717, 1.165) is 5.56 Å². The maximum atomic E-state index is 12.5. The van der Waals surface area contributed by atoms with Crippen molar-refractivity contribution in [3.63, 3.8) is 0 Å². The molecule has 2 aromatic rings. The van der Waals surface area contributed by atoms with E-state index in [4.69, 9.17) is 14.2 Å². The molecule has 0 aromatic heterocycles. The Bertz CT molecular complexity index is 1190. The first-order valence-corrected chi connectivity index (χ1v) is 11.2. The molecule has 0 atom stereocenters. The predicted molar refractivity (Wildman–Crippen MR) is 110 cm³/mol. The second-order valence-corrected chi connectivity index (χ2v) is 9.03. The summed E-state index contributed by atoms with van der Waals surface area (Å²) in [6.07, 6.45) is 0. The number of benzene rings is 2. The second kappa shape index (κ2) is 8.50. The van der Waals surface area contributed by atoms with Gasteiger partial charge in [0.05, 0.1) is 5.56 Å². The molecule has 0 bridgehead atoms. The van der Waals surface area contributed by atoms with Crippen molar-refractivity contribution in [1.29, 1.82) is 0 Å². The van der Waals surface area contributed by atoms with Gasteiger partial charge in [0.25, 0.3) is 21.8 Å². The molecule has 0 saturated heterocycles. The number of amides is 2. The third-order valence-corrected chi connectivity index (χ3v) is 6.78. The van der Waals surface area contributed by atoms with E-state index < -0.39 is 41.0 Å². The Hall–Kier alpha value is -3.60. The predicted octanol–water partition coefficient (Wildman–Crippen LogP) is 0.804. The minimum atomic E-state index is -4.13. The Balaban J connectivity index is 1.31. The van der Waals surface area contributed by atoms with Crippen LogP contribution in [0.5, 0.6) is 11.5 Å². The van der Waals surface area contributed by atoms with Crippen molar-refractivity contribution in [2.75, 3.05) is 33.4 Å². The fourth-order valence-electron chi connectivity index (χ4n) is 3.35. The van der Waals surface area contributed by atoms with E-state index in [1.165, 1.54) is 36.2 Å². The summed E-state index contributed by atoms with van der Waals surface area (Å²) in [5.41, 5.74) is 0.790. The van der Waals surface area contributed by atoms with Gasteiger partial charge in [-0.15, -0.1) is 0 Å². The van der Waals surface area contributed by atoms with Gasteiger partial charge in [0.1, 0.15) is 24.7 Å². The summed E-state index contributed by atoms with van der Waals surface area (Å²) in [4.78, 5) is 38.0. The third-order valence-electron chi connectivity index (χ3n) is 4.99. The van der Waals surface area contributed by atoms with E-state index in [2.05, 4.69) is 0 Å². The lowest BCUT2D eigenvalue weighted by molar-refractivity contribution is -0.151. The van der Waals surface area contributed by atoms with Crippen LogP contribution in [0.1, 0.15) is 15.9 Å². The number of carbonyl (C=O) groups excluding carboxylic acids is 3. The van der Waals surface area contributed by atoms with Gasteiger partial charge in [0, 0.05) is 13.6 Å². The lowest BCUT2D eigenvalue weighted by Crippen LogP contribution is -2.37. The van der Waals surface area contributed by atoms with Gasteiger partial charge in [-0.3, -0.25) is 14.4 Å².